The normalized spacial score (nSPS) is 11.2. The number of alkyl halides is 1. The van der Waals surface area contributed by atoms with Gasteiger partial charge in [0.2, 0.25) is 0 Å². The van der Waals surface area contributed by atoms with Gasteiger partial charge >= 0.3 is 17.0 Å². The highest BCUT2D eigenvalue weighted by atomic mass is 35.5. The maximum absolute atomic E-state index is 10.9. The van der Waals surface area contributed by atoms with Gasteiger partial charge < -0.3 is 14.9 Å². The van der Waals surface area contributed by atoms with E-state index in [0.29, 0.717) is 5.52 Å². The topological polar surface area (TPSA) is 110 Å². The number of carboxylic acids is 2. The van der Waals surface area contributed by atoms with Crippen molar-refractivity contribution in [2.45, 2.75) is 5.06 Å². The summed E-state index contributed by atoms with van der Waals surface area (Å²) in [5, 5.41) is 14.8. The molecule has 1 heterocycles. The van der Waals surface area contributed by atoms with Crippen LogP contribution < -0.4 is 4.74 Å². The van der Waals surface area contributed by atoms with E-state index in [-0.39, 0.29) is 11.3 Å². The second-order valence-corrected chi connectivity index (χ2v) is 4.02. The molecule has 1 aromatic carbocycles. The number of carbonyl (C=O) groups is 2. The molecule has 0 spiro atoms. The van der Waals surface area contributed by atoms with Crippen molar-refractivity contribution in [3.8, 4) is 5.75 Å². The molecule has 0 saturated heterocycles. The molecule has 0 atom stereocenters. The highest BCUT2D eigenvalue weighted by Crippen LogP contribution is 2.28. The molecule has 0 saturated carbocycles. The Labute approximate surface area is 111 Å². The summed E-state index contributed by atoms with van der Waals surface area (Å²) in [5.41, 5.74) is 0.646. The molecule has 2 N–H and O–H groups in total. The standard InChI is InChI=1S/C11H7ClN2O5/c12-11(9(15)16,10(17)18)19-7-3-1-2-6-8(7)14-5-4-13-6/h1-5H,(H,15,16)(H,17,18). The number of hydrogen-bond donors (Lipinski definition) is 2. The third kappa shape index (κ3) is 2.27. The molecule has 98 valence electrons. The number of aliphatic carboxylic acids is 2. The van der Waals surface area contributed by atoms with E-state index in [9.17, 15) is 9.59 Å². The molecule has 0 unspecified atom stereocenters. The number of hydrogen-bond acceptors (Lipinski definition) is 5. The van der Waals surface area contributed by atoms with Crippen molar-refractivity contribution in [2.24, 2.45) is 0 Å². The van der Waals surface area contributed by atoms with Crippen LogP contribution >= 0.6 is 11.6 Å². The Hall–Kier alpha value is -2.41. The molecular weight excluding hydrogens is 276 g/mol. The van der Waals surface area contributed by atoms with E-state index < -0.39 is 17.0 Å². The molecule has 0 aliphatic rings. The minimum Gasteiger partial charge on any atom is -0.477 e. The molecule has 0 fully saturated rings. The van der Waals surface area contributed by atoms with Crippen molar-refractivity contribution in [1.29, 1.82) is 0 Å². The summed E-state index contributed by atoms with van der Waals surface area (Å²) in [6.45, 7) is 0. The maximum atomic E-state index is 10.9. The van der Waals surface area contributed by atoms with Crippen molar-refractivity contribution in [1.82, 2.24) is 9.97 Å². The Morgan fingerprint density at radius 1 is 1.16 bits per heavy atom. The molecule has 0 aliphatic heterocycles. The first-order chi connectivity index (χ1) is 8.95. The van der Waals surface area contributed by atoms with E-state index in [1.54, 1.807) is 6.07 Å². The average molecular weight is 283 g/mol. The summed E-state index contributed by atoms with van der Waals surface area (Å²) < 4.78 is 4.90. The van der Waals surface area contributed by atoms with Crippen LogP contribution in [0.3, 0.4) is 0 Å². The molecule has 8 heteroatoms. The average Bonchev–Trinajstić information content (AvgIpc) is 2.38. The largest absolute Gasteiger partial charge is 0.477 e. The van der Waals surface area contributed by atoms with Gasteiger partial charge in [-0.3, -0.25) is 4.98 Å². The second kappa shape index (κ2) is 4.69. The number of para-hydroxylation sites is 1. The van der Waals surface area contributed by atoms with Crippen molar-refractivity contribution < 1.29 is 24.5 Å². The summed E-state index contributed by atoms with van der Waals surface area (Å²) >= 11 is 5.47. The maximum Gasteiger partial charge on any atom is 0.377 e. The number of benzene rings is 1. The summed E-state index contributed by atoms with van der Waals surface area (Å²) in [4.78, 5) is 29.8. The van der Waals surface area contributed by atoms with Crippen LogP contribution in [0.2, 0.25) is 0 Å². The lowest BCUT2D eigenvalue weighted by Crippen LogP contribution is -2.46. The number of fused-ring (bicyclic) bond motifs is 1. The fourth-order valence-electron chi connectivity index (χ4n) is 1.38. The lowest BCUT2D eigenvalue weighted by atomic mass is 10.2. The minimum atomic E-state index is -2.91. The third-order valence-electron chi connectivity index (χ3n) is 2.26. The first-order valence-electron chi connectivity index (χ1n) is 4.99. The van der Waals surface area contributed by atoms with Crippen LogP contribution in [0.15, 0.2) is 30.6 Å². The molecule has 19 heavy (non-hydrogen) atoms. The molecule has 2 rings (SSSR count). The Morgan fingerprint density at radius 3 is 2.42 bits per heavy atom. The smallest absolute Gasteiger partial charge is 0.377 e. The van der Waals surface area contributed by atoms with E-state index in [1.165, 1.54) is 24.5 Å². The Balaban J connectivity index is 2.51. The van der Waals surface area contributed by atoms with Crippen LogP contribution in [-0.4, -0.2) is 37.2 Å². The quantitative estimate of drug-likeness (QED) is 0.638. The molecular formula is C11H7ClN2O5. The fraction of sp³-hybridized carbons (Fsp3) is 0.0909. The Bertz CT molecular complexity index is 641. The lowest BCUT2D eigenvalue weighted by molar-refractivity contribution is -0.163. The van der Waals surface area contributed by atoms with Gasteiger partial charge in [0.25, 0.3) is 0 Å². The van der Waals surface area contributed by atoms with Gasteiger partial charge in [0, 0.05) is 12.4 Å². The lowest BCUT2D eigenvalue weighted by Gasteiger charge is -2.19. The van der Waals surface area contributed by atoms with Gasteiger partial charge in [-0.1, -0.05) is 17.7 Å². The number of halogens is 1. The molecule has 0 aliphatic carbocycles. The van der Waals surface area contributed by atoms with Gasteiger partial charge in [-0.2, -0.15) is 0 Å². The summed E-state index contributed by atoms with van der Waals surface area (Å²) in [6.07, 6.45) is 2.81. The second-order valence-electron chi connectivity index (χ2n) is 3.49. The third-order valence-corrected chi connectivity index (χ3v) is 2.66. The summed E-state index contributed by atoms with van der Waals surface area (Å²) in [5.74, 6) is -3.74. The van der Waals surface area contributed by atoms with Crippen LogP contribution in [0.1, 0.15) is 0 Å². The van der Waals surface area contributed by atoms with Crippen molar-refractivity contribution in [2.75, 3.05) is 0 Å². The number of rotatable bonds is 4. The van der Waals surface area contributed by atoms with Gasteiger partial charge in [-0.25, -0.2) is 14.6 Å². The summed E-state index contributed by atoms with van der Waals surface area (Å²) in [7, 11) is 0. The molecule has 7 nitrogen and oxygen atoms in total. The molecule has 0 radical (unpaired) electrons. The highest BCUT2D eigenvalue weighted by Gasteiger charge is 2.48. The number of ether oxygens (including phenoxy) is 1. The predicted molar refractivity (Wildman–Crippen MR) is 64.0 cm³/mol. The van der Waals surface area contributed by atoms with Gasteiger partial charge in [0.15, 0.2) is 5.75 Å². The van der Waals surface area contributed by atoms with Crippen molar-refractivity contribution in [3.05, 3.63) is 30.6 Å². The summed E-state index contributed by atoms with van der Waals surface area (Å²) in [6, 6.07) is 4.50. The van der Waals surface area contributed by atoms with Gasteiger partial charge in [0.05, 0.1) is 5.52 Å². The van der Waals surface area contributed by atoms with Crippen LogP contribution in [0.25, 0.3) is 11.0 Å². The van der Waals surface area contributed by atoms with Crippen LogP contribution in [-0.2, 0) is 9.59 Å². The predicted octanol–water partition coefficient (Wildman–Crippen LogP) is 1.11. The van der Waals surface area contributed by atoms with E-state index in [0.717, 1.165) is 0 Å². The zero-order valence-electron chi connectivity index (χ0n) is 9.28. The Kier molecular flexibility index (Phi) is 3.22. The Morgan fingerprint density at radius 2 is 1.79 bits per heavy atom. The van der Waals surface area contributed by atoms with E-state index in [2.05, 4.69) is 9.97 Å². The number of aromatic nitrogens is 2. The first kappa shape index (κ1) is 13.0. The van der Waals surface area contributed by atoms with Crippen LogP contribution in [0.5, 0.6) is 5.75 Å². The van der Waals surface area contributed by atoms with E-state index in [1.807, 2.05) is 0 Å². The zero-order valence-corrected chi connectivity index (χ0v) is 10.0. The van der Waals surface area contributed by atoms with Gasteiger partial charge in [-0.15, -0.1) is 0 Å². The monoisotopic (exact) mass is 282 g/mol. The zero-order chi connectivity index (χ0) is 14.0. The van der Waals surface area contributed by atoms with E-state index in [4.69, 9.17) is 26.6 Å². The fourth-order valence-corrected chi connectivity index (χ4v) is 1.46. The van der Waals surface area contributed by atoms with Gasteiger partial charge in [-0.05, 0) is 12.1 Å². The van der Waals surface area contributed by atoms with Crippen LogP contribution in [0, 0.1) is 0 Å². The molecule has 0 amide bonds. The van der Waals surface area contributed by atoms with Gasteiger partial charge in [0.1, 0.15) is 5.52 Å². The van der Waals surface area contributed by atoms with Crippen molar-refractivity contribution in [3.63, 3.8) is 0 Å². The highest BCUT2D eigenvalue weighted by molar-refractivity contribution is 6.43. The molecule has 1 aromatic heterocycles. The SMILES string of the molecule is O=C(O)C(Cl)(Oc1cccc2nccnc12)C(=O)O. The molecule has 2 aromatic rings. The van der Waals surface area contributed by atoms with Crippen molar-refractivity contribution >= 4 is 34.6 Å². The molecule has 0 bridgehead atoms. The van der Waals surface area contributed by atoms with Crippen LogP contribution in [0.4, 0.5) is 0 Å². The van der Waals surface area contributed by atoms with E-state index >= 15 is 0 Å². The minimum absolute atomic E-state index is 0.0783. The number of nitrogens with zero attached hydrogens (tertiary/aromatic N) is 2. The first-order valence-corrected chi connectivity index (χ1v) is 5.37. The number of carboxylic acid groups (broad SMARTS) is 2.